The Hall–Kier alpha value is -3.14. The molecule has 4 heteroatoms. The Balaban J connectivity index is 1.58. The Bertz CT molecular complexity index is 905. The third-order valence-electron chi connectivity index (χ3n) is 5.31. The van der Waals surface area contributed by atoms with Gasteiger partial charge in [0.1, 0.15) is 5.75 Å². The molecule has 158 valence electrons. The number of benzene rings is 3. The Morgan fingerprint density at radius 2 is 0.867 bits per heavy atom. The van der Waals surface area contributed by atoms with Crippen LogP contribution in [0.3, 0.4) is 0 Å². The zero-order chi connectivity index (χ0) is 21.3. The van der Waals surface area contributed by atoms with Gasteiger partial charge in [0.2, 0.25) is 5.75 Å². The van der Waals surface area contributed by atoms with Crippen LogP contribution < -0.4 is 18.9 Å². The summed E-state index contributed by atoms with van der Waals surface area (Å²) in [5.74, 6) is 2.92. The van der Waals surface area contributed by atoms with Gasteiger partial charge >= 0.3 is 0 Å². The van der Waals surface area contributed by atoms with Crippen molar-refractivity contribution >= 4 is 0 Å². The van der Waals surface area contributed by atoms with Gasteiger partial charge < -0.3 is 18.9 Å². The smallest absolute Gasteiger partial charge is 0.203 e. The molecule has 0 radical (unpaired) electrons. The van der Waals surface area contributed by atoms with E-state index in [1.165, 1.54) is 16.7 Å². The molecule has 3 aromatic rings. The van der Waals surface area contributed by atoms with E-state index in [4.69, 9.17) is 18.9 Å². The topological polar surface area (TPSA) is 36.9 Å². The van der Waals surface area contributed by atoms with Crippen LogP contribution in [-0.4, -0.2) is 28.4 Å². The Labute approximate surface area is 179 Å². The molecule has 0 aliphatic rings. The summed E-state index contributed by atoms with van der Waals surface area (Å²) in [6.07, 6.45) is 3.91. The second-order valence-corrected chi connectivity index (χ2v) is 7.20. The van der Waals surface area contributed by atoms with Gasteiger partial charge in [0.15, 0.2) is 11.5 Å². The zero-order valence-electron chi connectivity index (χ0n) is 18.2. The van der Waals surface area contributed by atoms with E-state index in [0.29, 0.717) is 17.2 Å². The fourth-order valence-electron chi connectivity index (χ4n) is 3.52. The summed E-state index contributed by atoms with van der Waals surface area (Å²) in [6.45, 7) is 0. The molecule has 0 fully saturated rings. The summed E-state index contributed by atoms with van der Waals surface area (Å²) in [4.78, 5) is 0. The molecule has 0 bridgehead atoms. The SMILES string of the molecule is COc1ccc(CCc2ccc(CCc3cc(OC)c(OC)c(OC)c3)cc2)cc1. The van der Waals surface area contributed by atoms with Crippen molar-refractivity contribution in [2.24, 2.45) is 0 Å². The van der Waals surface area contributed by atoms with Crippen LogP contribution in [0.1, 0.15) is 22.3 Å². The first-order chi connectivity index (χ1) is 14.7. The molecule has 0 aliphatic carbocycles. The fourth-order valence-corrected chi connectivity index (χ4v) is 3.52. The largest absolute Gasteiger partial charge is 0.497 e. The maximum absolute atomic E-state index is 5.45. The minimum atomic E-state index is 0.630. The average Bonchev–Trinajstić information content (AvgIpc) is 2.81. The van der Waals surface area contributed by atoms with Crippen LogP contribution in [0.5, 0.6) is 23.0 Å². The zero-order valence-corrected chi connectivity index (χ0v) is 18.2. The summed E-state index contributed by atoms with van der Waals surface area (Å²) in [6, 6.07) is 21.2. The van der Waals surface area contributed by atoms with Crippen LogP contribution >= 0.6 is 0 Å². The van der Waals surface area contributed by atoms with Crippen LogP contribution in [0.4, 0.5) is 0 Å². The summed E-state index contributed by atoms with van der Waals surface area (Å²) in [7, 11) is 6.60. The van der Waals surface area contributed by atoms with E-state index in [1.807, 2.05) is 24.3 Å². The number of hydrogen-bond donors (Lipinski definition) is 0. The van der Waals surface area contributed by atoms with Gasteiger partial charge in [-0.2, -0.15) is 0 Å². The fraction of sp³-hybridized carbons (Fsp3) is 0.308. The second kappa shape index (κ2) is 10.6. The third-order valence-corrected chi connectivity index (χ3v) is 5.31. The molecule has 0 atom stereocenters. The number of rotatable bonds is 10. The molecule has 0 aliphatic heterocycles. The summed E-state index contributed by atoms with van der Waals surface area (Å²) < 4.78 is 21.5. The van der Waals surface area contributed by atoms with Crippen molar-refractivity contribution in [3.63, 3.8) is 0 Å². The molecule has 0 saturated heterocycles. The molecule has 0 N–H and O–H groups in total. The van der Waals surface area contributed by atoms with E-state index in [2.05, 4.69) is 36.4 Å². The molecule has 0 unspecified atom stereocenters. The molecular weight excluding hydrogens is 376 g/mol. The lowest BCUT2D eigenvalue weighted by Crippen LogP contribution is -1.99. The minimum Gasteiger partial charge on any atom is -0.497 e. The van der Waals surface area contributed by atoms with Crippen molar-refractivity contribution in [3.8, 4) is 23.0 Å². The van der Waals surface area contributed by atoms with Crippen molar-refractivity contribution in [2.75, 3.05) is 28.4 Å². The van der Waals surface area contributed by atoms with Gasteiger partial charge in [-0.1, -0.05) is 36.4 Å². The lowest BCUT2D eigenvalue weighted by molar-refractivity contribution is 0.324. The number of methoxy groups -OCH3 is 4. The second-order valence-electron chi connectivity index (χ2n) is 7.20. The van der Waals surface area contributed by atoms with Crippen molar-refractivity contribution in [3.05, 3.63) is 82.9 Å². The first-order valence-electron chi connectivity index (χ1n) is 10.2. The molecule has 30 heavy (non-hydrogen) atoms. The predicted molar refractivity (Wildman–Crippen MR) is 120 cm³/mol. The molecule has 0 heterocycles. The molecule has 3 aromatic carbocycles. The van der Waals surface area contributed by atoms with Crippen LogP contribution in [-0.2, 0) is 25.7 Å². The summed E-state index contributed by atoms with van der Waals surface area (Å²) >= 11 is 0. The molecule has 0 amide bonds. The van der Waals surface area contributed by atoms with Crippen molar-refractivity contribution < 1.29 is 18.9 Å². The summed E-state index contributed by atoms with van der Waals surface area (Å²) in [5.41, 5.74) is 5.15. The van der Waals surface area contributed by atoms with Gasteiger partial charge in [-0.05, 0) is 72.2 Å². The van der Waals surface area contributed by atoms with E-state index in [0.717, 1.165) is 37.0 Å². The first kappa shape index (κ1) is 21.6. The van der Waals surface area contributed by atoms with Gasteiger partial charge in [-0.15, -0.1) is 0 Å². The monoisotopic (exact) mass is 406 g/mol. The summed E-state index contributed by atoms with van der Waals surface area (Å²) in [5, 5.41) is 0. The van der Waals surface area contributed by atoms with Gasteiger partial charge in [0, 0.05) is 0 Å². The molecule has 3 rings (SSSR count). The van der Waals surface area contributed by atoms with Gasteiger partial charge in [0.25, 0.3) is 0 Å². The van der Waals surface area contributed by atoms with Crippen LogP contribution in [0.15, 0.2) is 60.7 Å². The quantitative estimate of drug-likeness (QED) is 0.458. The Morgan fingerprint density at radius 1 is 0.467 bits per heavy atom. The highest BCUT2D eigenvalue weighted by Gasteiger charge is 2.13. The molecule has 0 spiro atoms. The average molecular weight is 407 g/mol. The molecule has 4 nitrogen and oxygen atoms in total. The van der Waals surface area contributed by atoms with Gasteiger partial charge in [-0.3, -0.25) is 0 Å². The minimum absolute atomic E-state index is 0.630. The predicted octanol–water partition coefficient (Wildman–Crippen LogP) is 5.29. The number of aryl methyl sites for hydroxylation is 4. The Kier molecular flexibility index (Phi) is 7.61. The van der Waals surface area contributed by atoms with Crippen LogP contribution in [0.25, 0.3) is 0 Å². The van der Waals surface area contributed by atoms with E-state index in [9.17, 15) is 0 Å². The Morgan fingerprint density at radius 3 is 1.23 bits per heavy atom. The van der Waals surface area contributed by atoms with Crippen LogP contribution in [0.2, 0.25) is 0 Å². The van der Waals surface area contributed by atoms with E-state index >= 15 is 0 Å². The van der Waals surface area contributed by atoms with Crippen molar-refractivity contribution in [2.45, 2.75) is 25.7 Å². The molecule has 0 aromatic heterocycles. The maximum Gasteiger partial charge on any atom is 0.203 e. The molecular formula is C26H30O4. The number of hydrogen-bond acceptors (Lipinski definition) is 4. The first-order valence-corrected chi connectivity index (χ1v) is 10.2. The van der Waals surface area contributed by atoms with Crippen molar-refractivity contribution in [1.29, 1.82) is 0 Å². The van der Waals surface area contributed by atoms with Gasteiger partial charge in [-0.25, -0.2) is 0 Å². The van der Waals surface area contributed by atoms with Crippen LogP contribution in [0, 0.1) is 0 Å². The lowest BCUT2D eigenvalue weighted by Gasteiger charge is -2.14. The van der Waals surface area contributed by atoms with E-state index in [-0.39, 0.29) is 0 Å². The van der Waals surface area contributed by atoms with E-state index in [1.54, 1.807) is 28.4 Å². The maximum atomic E-state index is 5.45. The highest BCUT2D eigenvalue weighted by Crippen LogP contribution is 2.38. The highest BCUT2D eigenvalue weighted by atomic mass is 16.5. The third kappa shape index (κ3) is 5.47. The number of ether oxygens (including phenoxy) is 4. The van der Waals surface area contributed by atoms with E-state index < -0.39 is 0 Å². The normalized spacial score (nSPS) is 10.5. The standard InChI is InChI=1S/C26H30O4/c1-27-23-15-13-21(14-16-23)10-9-19-5-7-20(8-6-19)11-12-22-17-24(28-2)26(30-4)25(18-22)29-3/h5-8,13-18H,9-12H2,1-4H3. The highest BCUT2D eigenvalue weighted by molar-refractivity contribution is 5.54. The lowest BCUT2D eigenvalue weighted by atomic mass is 10.00. The van der Waals surface area contributed by atoms with Crippen molar-refractivity contribution in [1.82, 2.24) is 0 Å². The van der Waals surface area contributed by atoms with Gasteiger partial charge in [0.05, 0.1) is 28.4 Å². The molecule has 0 saturated carbocycles.